The lowest BCUT2D eigenvalue weighted by Crippen LogP contribution is -2.17. The van der Waals surface area contributed by atoms with Gasteiger partial charge in [0.2, 0.25) is 6.79 Å². The molecular formula is C21H16N2O4. The van der Waals surface area contributed by atoms with Crippen LogP contribution >= 0.6 is 0 Å². The number of amides is 1. The molecule has 6 heteroatoms. The van der Waals surface area contributed by atoms with E-state index in [1.54, 1.807) is 24.4 Å². The van der Waals surface area contributed by atoms with Gasteiger partial charge in [0, 0.05) is 5.56 Å². The highest BCUT2D eigenvalue weighted by Gasteiger charge is 2.15. The van der Waals surface area contributed by atoms with Crippen molar-refractivity contribution >= 4 is 12.1 Å². The lowest BCUT2D eigenvalue weighted by atomic mass is 10.2. The predicted octanol–water partition coefficient (Wildman–Crippen LogP) is 3.97. The van der Waals surface area contributed by atoms with Crippen LogP contribution in [0.5, 0.6) is 23.0 Å². The van der Waals surface area contributed by atoms with E-state index in [2.05, 4.69) is 10.5 Å². The first kappa shape index (κ1) is 16.7. The second-order valence-corrected chi connectivity index (χ2v) is 5.75. The number of carbonyl (C=O) groups is 1. The van der Waals surface area contributed by atoms with Crippen molar-refractivity contribution in [2.45, 2.75) is 0 Å². The Morgan fingerprint density at radius 3 is 2.63 bits per heavy atom. The van der Waals surface area contributed by atoms with E-state index in [0.29, 0.717) is 22.8 Å². The number of nitrogens with zero attached hydrogens (tertiary/aromatic N) is 1. The molecule has 1 N–H and O–H groups in total. The lowest BCUT2D eigenvalue weighted by molar-refractivity contribution is 0.0954. The van der Waals surface area contributed by atoms with Crippen molar-refractivity contribution in [3.8, 4) is 23.0 Å². The number of benzene rings is 3. The van der Waals surface area contributed by atoms with Gasteiger partial charge in [-0.05, 0) is 48.0 Å². The van der Waals surface area contributed by atoms with Crippen molar-refractivity contribution in [1.82, 2.24) is 5.43 Å². The van der Waals surface area contributed by atoms with Crippen LogP contribution < -0.4 is 19.6 Å². The van der Waals surface area contributed by atoms with E-state index in [0.717, 1.165) is 11.3 Å². The molecule has 0 unspecified atom stereocenters. The van der Waals surface area contributed by atoms with E-state index in [4.69, 9.17) is 14.2 Å². The Balaban J connectivity index is 1.39. The van der Waals surface area contributed by atoms with Crippen LogP contribution in [0.25, 0.3) is 0 Å². The van der Waals surface area contributed by atoms with Crippen LogP contribution in [0.1, 0.15) is 15.9 Å². The Morgan fingerprint density at radius 1 is 0.926 bits per heavy atom. The fraction of sp³-hybridized carbons (Fsp3) is 0.0476. The second kappa shape index (κ2) is 7.61. The number of rotatable bonds is 5. The molecule has 0 saturated carbocycles. The largest absolute Gasteiger partial charge is 0.457 e. The molecule has 0 atom stereocenters. The third-order valence-electron chi connectivity index (χ3n) is 3.85. The first-order valence-electron chi connectivity index (χ1n) is 8.34. The van der Waals surface area contributed by atoms with Gasteiger partial charge in [0.15, 0.2) is 11.5 Å². The van der Waals surface area contributed by atoms with E-state index in [1.165, 1.54) is 0 Å². The van der Waals surface area contributed by atoms with Crippen molar-refractivity contribution in [2.75, 3.05) is 6.79 Å². The SMILES string of the molecule is O=C(N/N=C/c1cccc(Oc2ccccc2)c1)c1ccc2c(c1)OCO2. The highest BCUT2D eigenvalue weighted by Crippen LogP contribution is 2.32. The molecule has 1 heterocycles. The Kier molecular flexibility index (Phi) is 4.70. The zero-order valence-corrected chi connectivity index (χ0v) is 14.3. The van der Waals surface area contributed by atoms with E-state index in [-0.39, 0.29) is 12.7 Å². The van der Waals surface area contributed by atoms with Crippen molar-refractivity contribution in [2.24, 2.45) is 5.10 Å². The number of ether oxygens (including phenoxy) is 3. The summed E-state index contributed by atoms with van der Waals surface area (Å²) < 4.78 is 16.3. The Hall–Kier alpha value is -3.80. The molecule has 27 heavy (non-hydrogen) atoms. The maximum Gasteiger partial charge on any atom is 0.271 e. The van der Waals surface area contributed by atoms with Crippen molar-refractivity contribution in [3.63, 3.8) is 0 Å². The highest BCUT2D eigenvalue weighted by molar-refractivity contribution is 5.95. The maximum absolute atomic E-state index is 12.2. The van der Waals surface area contributed by atoms with Crippen LogP contribution in [0.4, 0.5) is 0 Å². The van der Waals surface area contributed by atoms with Crippen LogP contribution in [0.3, 0.4) is 0 Å². The van der Waals surface area contributed by atoms with E-state index >= 15 is 0 Å². The summed E-state index contributed by atoms with van der Waals surface area (Å²) in [4.78, 5) is 12.2. The van der Waals surface area contributed by atoms with Gasteiger partial charge in [-0.1, -0.05) is 30.3 Å². The molecular weight excluding hydrogens is 344 g/mol. The third-order valence-corrected chi connectivity index (χ3v) is 3.85. The van der Waals surface area contributed by atoms with E-state index < -0.39 is 0 Å². The maximum atomic E-state index is 12.2. The van der Waals surface area contributed by atoms with Gasteiger partial charge in [-0.25, -0.2) is 5.43 Å². The number of fused-ring (bicyclic) bond motifs is 1. The summed E-state index contributed by atoms with van der Waals surface area (Å²) in [6, 6.07) is 21.9. The number of hydrazone groups is 1. The Labute approximate surface area is 156 Å². The van der Waals surface area contributed by atoms with Crippen molar-refractivity contribution in [3.05, 3.63) is 83.9 Å². The molecule has 0 aromatic heterocycles. The zero-order chi connectivity index (χ0) is 18.5. The van der Waals surface area contributed by atoms with Gasteiger partial charge >= 0.3 is 0 Å². The molecule has 3 aromatic rings. The molecule has 0 saturated heterocycles. The van der Waals surface area contributed by atoms with Gasteiger partial charge in [0.1, 0.15) is 11.5 Å². The summed E-state index contributed by atoms with van der Waals surface area (Å²) >= 11 is 0. The molecule has 134 valence electrons. The van der Waals surface area contributed by atoms with Crippen molar-refractivity contribution < 1.29 is 19.0 Å². The summed E-state index contributed by atoms with van der Waals surface area (Å²) in [7, 11) is 0. The molecule has 1 aliphatic heterocycles. The van der Waals surface area contributed by atoms with Crippen LogP contribution in [0.15, 0.2) is 77.9 Å². The molecule has 4 rings (SSSR count). The smallest absolute Gasteiger partial charge is 0.271 e. The third kappa shape index (κ3) is 4.07. The summed E-state index contributed by atoms with van der Waals surface area (Å²) in [5, 5.41) is 4.01. The monoisotopic (exact) mass is 360 g/mol. The molecule has 0 radical (unpaired) electrons. The quantitative estimate of drug-likeness (QED) is 0.552. The Bertz CT molecular complexity index is 986. The van der Waals surface area contributed by atoms with E-state index in [9.17, 15) is 4.79 Å². The Morgan fingerprint density at radius 2 is 1.74 bits per heavy atom. The number of hydrogen-bond acceptors (Lipinski definition) is 5. The molecule has 0 fully saturated rings. The standard InChI is InChI=1S/C21H16N2O4/c24-21(16-9-10-19-20(12-16)26-14-25-19)23-22-13-15-5-4-8-18(11-15)27-17-6-2-1-3-7-17/h1-13H,14H2,(H,23,24)/b22-13+. The van der Waals surface area contributed by atoms with Crippen LogP contribution in [0.2, 0.25) is 0 Å². The number of nitrogens with one attached hydrogen (secondary N) is 1. The summed E-state index contributed by atoms with van der Waals surface area (Å²) in [6.07, 6.45) is 1.56. The predicted molar refractivity (Wildman–Crippen MR) is 101 cm³/mol. The average molecular weight is 360 g/mol. The molecule has 1 amide bonds. The molecule has 0 spiro atoms. The van der Waals surface area contributed by atoms with Crippen LogP contribution in [-0.4, -0.2) is 18.9 Å². The summed E-state index contributed by atoms with van der Waals surface area (Å²) in [5.74, 6) is 2.29. The van der Waals surface area contributed by atoms with Gasteiger partial charge in [-0.2, -0.15) is 5.10 Å². The molecule has 6 nitrogen and oxygen atoms in total. The van der Waals surface area contributed by atoms with Gasteiger partial charge in [0.05, 0.1) is 6.21 Å². The fourth-order valence-corrected chi connectivity index (χ4v) is 2.55. The minimum absolute atomic E-state index is 0.167. The number of hydrogen-bond donors (Lipinski definition) is 1. The zero-order valence-electron chi connectivity index (χ0n) is 14.3. The van der Waals surface area contributed by atoms with Crippen molar-refractivity contribution in [1.29, 1.82) is 0 Å². The lowest BCUT2D eigenvalue weighted by Gasteiger charge is -2.06. The molecule has 0 aliphatic carbocycles. The van der Waals surface area contributed by atoms with Gasteiger partial charge in [0.25, 0.3) is 5.91 Å². The van der Waals surface area contributed by atoms with Gasteiger partial charge < -0.3 is 14.2 Å². The summed E-state index contributed by atoms with van der Waals surface area (Å²) in [6.45, 7) is 0.167. The van der Waals surface area contributed by atoms with Crippen LogP contribution in [-0.2, 0) is 0 Å². The second-order valence-electron chi connectivity index (χ2n) is 5.75. The first-order valence-corrected chi connectivity index (χ1v) is 8.34. The minimum atomic E-state index is -0.332. The molecule has 3 aromatic carbocycles. The average Bonchev–Trinajstić information content (AvgIpc) is 3.17. The first-order chi connectivity index (χ1) is 13.3. The minimum Gasteiger partial charge on any atom is -0.457 e. The number of para-hydroxylation sites is 1. The van der Waals surface area contributed by atoms with Gasteiger partial charge in [-0.3, -0.25) is 4.79 Å². The topological polar surface area (TPSA) is 69.2 Å². The van der Waals surface area contributed by atoms with Gasteiger partial charge in [-0.15, -0.1) is 0 Å². The summed E-state index contributed by atoms with van der Waals surface area (Å²) in [5.41, 5.74) is 3.74. The highest BCUT2D eigenvalue weighted by atomic mass is 16.7. The molecule has 0 bridgehead atoms. The van der Waals surface area contributed by atoms with E-state index in [1.807, 2.05) is 54.6 Å². The fourth-order valence-electron chi connectivity index (χ4n) is 2.55. The number of carbonyl (C=O) groups excluding carboxylic acids is 1. The van der Waals surface area contributed by atoms with Crippen LogP contribution in [0, 0.1) is 0 Å². The molecule has 1 aliphatic rings. The normalized spacial score (nSPS) is 12.1.